The van der Waals surface area contributed by atoms with E-state index < -0.39 is 35.9 Å². The van der Waals surface area contributed by atoms with E-state index in [9.17, 15) is 18.8 Å². The van der Waals surface area contributed by atoms with Crippen LogP contribution in [-0.2, 0) is 9.53 Å². The number of nitrogens with one attached hydrogen (secondary N) is 2. The molecule has 0 aliphatic heterocycles. The molecule has 0 saturated heterocycles. The second kappa shape index (κ2) is 7.47. The molecule has 0 spiro atoms. The molecule has 0 unspecified atom stereocenters. The van der Waals surface area contributed by atoms with Crippen molar-refractivity contribution in [2.75, 3.05) is 6.61 Å². The first-order chi connectivity index (χ1) is 12.0. The van der Waals surface area contributed by atoms with Crippen LogP contribution in [0.5, 0.6) is 0 Å². The molecule has 1 aromatic heterocycles. The highest BCUT2D eigenvalue weighted by atomic mass is 19.1. The molecule has 2 N–H and O–H groups in total. The van der Waals surface area contributed by atoms with Crippen LogP contribution in [-0.4, -0.2) is 35.0 Å². The van der Waals surface area contributed by atoms with E-state index >= 15 is 0 Å². The SMILES string of the molecule is Cc1nc2cc(F)ccc2cc1C(=O)OCC(=O)NC(=O)NC(C)(C)C. The number of imide groups is 1. The summed E-state index contributed by atoms with van der Waals surface area (Å²) < 4.78 is 18.2. The predicted octanol–water partition coefficient (Wildman–Crippen LogP) is 2.46. The number of esters is 1. The lowest BCUT2D eigenvalue weighted by molar-refractivity contribution is -0.123. The van der Waals surface area contributed by atoms with Gasteiger partial charge in [-0.1, -0.05) is 0 Å². The summed E-state index contributed by atoms with van der Waals surface area (Å²) in [5.74, 6) is -1.94. The van der Waals surface area contributed by atoms with E-state index in [0.29, 0.717) is 16.6 Å². The Bertz CT molecular complexity index is 875. The van der Waals surface area contributed by atoms with Gasteiger partial charge in [0.05, 0.1) is 16.8 Å². The summed E-state index contributed by atoms with van der Waals surface area (Å²) in [6, 6.07) is 4.86. The molecule has 1 aromatic carbocycles. The highest BCUT2D eigenvalue weighted by molar-refractivity contribution is 5.98. The highest BCUT2D eigenvalue weighted by Gasteiger charge is 2.18. The Morgan fingerprint density at radius 1 is 1.19 bits per heavy atom. The maximum atomic E-state index is 13.2. The van der Waals surface area contributed by atoms with E-state index in [2.05, 4.69) is 15.6 Å². The van der Waals surface area contributed by atoms with Gasteiger partial charge in [-0.2, -0.15) is 0 Å². The number of halogens is 1. The second-order valence-electron chi connectivity index (χ2n) is 6.79. The van der Waals surface area contributed by atoms with E-state index in [-0.39, 0.29) is 5.56 Å². The summed E-state index contributed by atoms with van der Waals surface area (Å²) in [5.41, 5.74) is 0.416. The molecule has 0 saturated carbocycles. The van der Waals surface area contributed by atoms with E-state index in [1.54, 1.807) is 27.7 Å². The Kier molecular flexibility index (Phi) is 5.54. The maximum absolute atomic E-state index is 13.2. The van der Waals surface area contributed by atoms with Crippen LogP contribution < -0.4 is 10.6 Å². The number of aromatic nitrogens is 1. The Morgan fingerprint density at radius 2 is 1.88 bits per heavy atom. The van der Waals surface area contributed by atoms with Crippen LogP contribution in [0.2, 0.25) is 0 Å². The predicted molar refractivity (Wildman–Crippen MR) is 93.1 cm³/mol. The fourth-order valence-electron chi connectivity index (χ4n) is 2.19. The van der Waals surface area contributed by atoms with Gasteiger partial charge in [0.2, 0.25) is 0 Å². The lowest BCUT2D eigenvalue weighted by Crippen LogP contribution is -2.49. The largest absolute Gasteiger partial charge is 0.452 e. The molecule has 2 aromatic rings. The first-order valence-electron chi connectivity index (χ1n) is 7.91. The normalized spacial score (nSPS) is 11.1. The third-order valence-electron chi connectivity index (χ3n) is 3.27. The minimum absolute atomic E-state index is 0.163. The number of ether oxygens (including phenoxy) is 1. The number of pyridine rings is 1. The van der Waals surface area contributed by atoms with E-state index in [0.717, 1.165) is 0 Å². The summed E-state index contributed by atoms with van der Waals surface area (Å²) in [5, 5.41) is 5.19. The molecule has 8 heteroatoms. The third-order valence-corrected chi connectivity index (χ3v) is 3.27. The summed E-state index contributed by atoms with van der Waals surface area (Å²) >= 11 is 0. The summed E-state index contributed by atoms with van der Waals surface area (Å²) in [7, 11) is 0. The van der Waals surface area contributed by atoms with Gasteiger partial charge in [-0.3, -0.25) is 15.1 Å². The number of benzene rings is 1. The number of hydrogen-bond acceptors (Lipinski definition) is 5. The van der Waals surface area contributed by atoms with Crippen LogP contribution in [0.25, 0.3) is 10.9 Å². The van der Waals surface area contributed by atoms with Crippen molar-refractivity contribution in [3.63, 3.8) is 0 Å². The van der Waals surface area contributed by atoms with E-state index in [1.807, 2.05) is 0 Å². The monoisotopic (exact) mass is 361 g/mol. The molecule has 0 fully saturated rings. The zero-order valence-corrected chi connectivity index (χ0v) is 15.0. The third kappa shape index (κ3) is 5.23. The number of carbonyl (C=O) groups is 3. The molecule has 0 atom stereocenters. The Labute approximate surface area is 149 Å². The fourth-order valence-corrected chi connectivity index (χ4v) is 2.19. The van der Waals surface area contributed by atoms with Crippen molar-refractivity contribution >= 4 is 28.8 Å². The van der Waals surface area contributed by atoms with Gasteiger partial charge in [0.25, 0.3) is 5.91 Å². The number of aryl methyl sites for hydroxylation is 1. The highest BCUT2D eigenvalue weighted by Crippen LogP contribution is 2.18. The van der Waals surface area contributed by atoms with Crippen LogP contribution >= 0.6 is 0 Å². The van der Waals surface area contributed by atoms with Gasteiger partial charge in [0.1, 0.15) is 5.82 Å². The van der Waals surface area contributed by atoms with Gasteiger partial charge in [0.15, 0.2) is 6.61 Å². The summed E-state index contributed by atoms with van der Waals surface area (Å²) in [6.45, 7) is 6.25. The van der Waals surface area contributed by atoms with Gasteiger partial charge in [-0.05, 0) is 45.9 Å². The van der Waals surface area contributed by atoms with Crippen LogP contribution in [0.15, 0.2) is 24.3 Å². The molecule has 0 aliphatic rings. The number of amides is 3. The maximum Gasteiger partial charge on any atom is 0.340 e. The van der Waals surface area contributed by atoms with E-state index in [1.165, 1.54) is 24.3 Å². The van der Waals surface area contributed by atoms with Crippen molar-refractivity contribution in [2.45, 2.75) is 33.2 Å². The van der Waals surface area contributed by atoms with Crippen molar-refractivity contribution in [3.8, 4) is 0 Å². The summed E-state index contributed by atoms with van der Waals surface area (Å²) in [4.78, 5) is 39.6. The molecule has 1 heterocycles. The average molecular weight is 361 g/mol. The van der Waals surface area contributed by atoms with Crippen molar-refractivity contribution in [3.05, 3.63) is 41.3 Å². The average Bonchev–Trinajstić information content (AvgIpc) is 2.49. The number of hydrogen-bond donors (Lipinski definition) is 2. The van der Waals surface area contributed by atoms with Crippen LogP contribution in [0.1, 0.15) is 36.8 Å². The quantitative estimate of drug-likeness (QED) is 0.819. The molecule has 138 valence electrons. The van der Waals surface area contributed by atoms with Crippen molar-refractivity contribution in [1.82, 2.24) is 15.6 Å². The first kappa shape index (κ1) is 19.3. The van der Waals surface area contributed by atoms with Crippen molar-refractivity contribution in [1.29, 1.82) is 0 Å². The number of rotatable bonds is 3. The molecule has 0 radical (unpaired) electrons. The minimum Gasteiger partial charge on any atom is -0.452 e. The molecule has 0 bridgehead atoms. The fraction of sp³-hybridized carbons (Fsp3) is 0.333. The number of fused-ring (bicyclic) bond motifs is 1. The van der Waals surface area contributed by atoms with E-state index in [4.69, 9.17) is 4.74 Å². The second-order valence-corrected chi connectivity index (χ2v) is 6.79. The molecular formula is C18H20FN3O4. The van der Waals surface area contributed by atoms with Gasteiger partial charge in [0, 0.05) is 17.0 Å². The van der Waals surface area contributed by atoms with Gasteiger partial charge < -0.3 is 10.1 Å². The van der Waals surface area contributed by atoms with Crippen LogP contribution in [0, 0.1) is 12.7 Å². The Hall–Kier alpha value is -3.03. The van der Waals surface area contributed by atoms with Gasteiger partial charge in [-0.25, -0.2) is 14.0 Å². The van der Waals surface area contributed by atoms with Gasteiger partial charge in [-0.15, -0.1) is 0 Å². The molecule has 7 nitrogen and oxygen atoms in total. The van der Waals surface area contributed by atoms with Crippen LogP contribution in [0.4, 0.5) is 9.18 Å². The molecule has 2 rings (SSSR count). The van der Waals surface area contributed by atoms with Crippen molar-refractivity contribution < 1.29 is 23.5 Å². The van der Waals surface area contributed by atoms with Gasteiger partial charge >= 0.3 is 12.0 Å². The first-order valence-corrected chi connectivity index (χ1v) is 7.91. The zero-order chi connectivity index (χ0) is 19.5. The summed E-state index contributed by atoms with van der Waals surface area (Å²) in [6.07, 6.45) is 0. The number of nitrogens with zero attached hydrogens (tertiary/aromatic N) is 1. The Morgan fingerprint density at radius 3 is 2.54 bits per heavy atom. The molecule has 26 heavy (non-hydrogen) atoms. The topological polar surface area (TPSA) is 97.4 Å². The molecule has 3 amide bonds. The number of carbonyl (C=O) groups excluding carboxylic acids is 3. The standard InChI is InChI=1S/C18H20FN3O4/c1-10-13(7-11-5-6-12(19)8-14(11)20-10)16(24)26-9-15(23)21-17(25)22-18(2,3)4/h5-8H,9H2,1-4H3,(H2,21,22,23,25). The lowest BCUT2D eigenvalue weighted by Gasteiger charge is -2.20. The zero-order valence-electron chi connectivity index (χ0n) is 15.0. The lowest BCUT2D eigenvalue weighted by atomic mass is 10.1. The smallest absolute Gasteiger partial charge is 0.340 e. The van der Waals surface area contributed by atoms with Crippen LogP contribution in [0.3, 0.4) is 0 Å². The molecule has 0 aliphatic carbocycles. The number of urea groups is 1. The van der Waals surface area contributed by atoms with Crippen molar-refractivity contribution in [2.24, 2.45) is 0 Å². The Balaban J connectivity index is 2.00. The molecular weight excluding hydrogens is 341 g/mol. The minimum atomic E-state index is -0.757.